The van der Waals surface area contributed by atoms with Crippen molar-refractivity contribution in [3.05, 3.63) is 40.5 Å². The Labute approximate surface area is 213 Å². The van der Waals surface area contributed by atoms with Crippen LogP contribution in [0.2, 0.25) is 0 Å². The van der Waals surface area contributed by atoms with Crippen LogP contribution in [-0.4, -0.2) is 46.5 Å². The van der Waals surface area contributed by atoms with E-state index in [1.165, 1.54) is 24.6 Å². The van der Waals surface area contributed by atoms with E-state index < -0.39 is 5.97 Å². The highest BCUT2D eigenvalue weighted by atomic mass is 32.2. The number of thiocarbonyl (C=S) groups is 1. The van der Waals surface area contributed by atoms with E-state index in [-0.39, 0.29) is 24.8 Å². The van der Waals surface area contributed by atoms with Crippen LogP contribution in [0.4, 0.5) is 0 Å². The average molecular weight is 514 g/mol. The fourth-order valence-electron chi connectivity index (χ4n) is 5.55. The number of hydrogen-bond donors (Lipinski definition) is 1. The summed E-state index contributed by atoms with van der Waals surface area (Å²) in [4.78, 5) is 27.0. The number of rotatable bonds is 8. The number of carboxylic acids is 1. The second kappa shape index (κ2) is 9.70. The number of thioether (sulfide) groups is 1. The van der Waals surface area contributed by atoms with Gasteiger partial charge in [-0.15, -0.1) is 0 Å². The van der Waals surface area contributed by atoms with Gasteiger partial charge in [0.1, 0.15) is 27.3 Å². The van der Waals surface area contributed by atoms with Crippen LogP contribution in [0.3, 0.4) is 0 Å². The molecule has 1 aliphatic heterocycles. The smallest absolute Gasteiger partial charge is 0.303 e. The number of hydrogen-bond acceptors (Lipinski definition) is 7. The Morgan fingerprint density at radius 3 is 2.74 bits per heavy atom. The van der Waals surface area contributed by atoms with E-state index in [0.717, 1.165) is 12.8 Å². The lowest BCUT2D eigenvalue weighted by Gasteiger charge is -2.30. The highest BCUT2D eigenvalue weighted by Gasteiger charge is 2.48. The van der Waals surface area contributed by atoms with E-state index in [9.17, 15) is 14.7 Å². The van der Waals surface area contributed by atoms with Gasteiger partial charge < -0.3 is 19.0 Å². The Kier molecular flexibility index (Phi) is 6.63. The molecule has 2 aromatic rings. The fraction of sp³-hybridized carbons (Fsp3) is 0.423. The first kappa shape index (κ1) is 23.9. The van der Waals surface area contributed by atoms with Gasteiger partial charge in [0.15, 0.2) is 0 Å². The molecule has 184 valence electrons. The zero-order chi connectivity index (χ0) is 24.7. The molecular weight excluding hydrogens is 486 g/mol. The molecule has 3 unspecified atom stereocenters. The molecule has 1 amide bonds. The highest BCUT2D eigenvalue weighted by molar-refractivity contribution is 8.26. The fourth-order valence-corrected chi connectivity index (χ4v) is 6.89. The molecular formula is C26H27NO6S2. The van der Waals surface area contributed by atoms with Crippen molar-refractivity contribution >= 4 is 46.3 Å². The van der Waals surface area contributed by atoms with Crippen molar-refractivity contribution in [1.29, 1.82) is 0 Å². The van der Waals surface area contributed by atoms with Gasteiger partial charge >= 0.3 is 5.97 Å². The van der Waals surface area contributed by atoms with E-state index in [1.807, 2.05) is 17.0 Å². The number of amides is 1. The molecule has 2 aliphatic carbocycles. The minimum Gasteiger partial charge on any atom is -0.497 e. The lowest BCUT2D eigenvalue weighted by Crippen LogP contribution is -2.41. The molecule has 3 aliphatic rings. The molecule has 1 aromatic carbocycles. The summed E-state index contributed by atoms with van der Waals surface area (Å²) < 4.78 is 17.6. The summed E-state index contributed by atoms with van der Waals surface area (Å²) in [5.74, 6) is 2.46. The van der Waals surface area contributed by atoms with Gasteiger partial charge in [-0.25, -0.2) is 0 Å². The second-order valence-corrected chi connectivity index (χ2v) is 10.9. The molecule has 1 N–H and O–H groups in total. The third-order valence-corrected chi connectivity index (χ3v) is 8.57. The van der Waals surface area contributed by atoms with Crippen LogP contribution in [-0.2, 0) is 16.0 Å². The monoisotopic (exact) mass is 513 g/mol. The van der Waals surface area contributed by atoms with Crippen molar-refractivity contribution in [2.24, 2.45) is 11.8 Å². The van der Waals surface area contributed by atoms with E-state index in [4.69, 9.17) is 26.1 Å². The molecule has 2 heterocycles. The van der Waals surface area contributed by atoms with Crippen molar-refractivity contribution in [2.45, 2.75) is 44.6 Å². The van der Waals surface area contributed by atoms with Gasteiger partial charge in [-0.1, -0.05) is 30.4 Å². The number of methoxy groups -OCH3 is 2. The lowest BCUT2D eigenvalue weighted by atomic mass is 9.94. The Morgan fingerprint density at radius 1 is 1.26 bits per heavy atom. The first-order valence-electron chi connectivity index (χ1n) is 11.7. The Morgan fingerprint density at radius 2 is 2.09 bits per heavy atom. The number of nitrogens with zero attached hydrogens (tertiary/aromatic N) is 1. The van der Waals surface area contributed by atoms with Gasteiger partial charge in [0, 0.05) is 24.6 Å². The molecule has 2 saturated carbocycles. The maximum absolute atomic E-state index is 13.4. The van der Waals surface area contributed by atoms with Crippen LogP contribution in [0.1, 0.15) is 43.4 Å². The van der Waals surface area contributed by atoms with Crippen LogP contribution in [0.5, 0.6) is 11.5 Å². The standard InChI is InChI=1S/C26H27NO6S2/c1-31-17-6-7-18(21(12-17)32-2)22-11-16(5-8-24(28)29)20(33-22)13-23-25(30)27(26(34)35-23)19-10-14-3-4-15(19)9-14/h6-7,11-15,19H,3-5,8-10H2,1-2H3,(H,28,29)/b23-13-. The van der Waals surface area contributed by atoms with Crippen molar-refractivity contribution in [3.63, 3.8) is 0 Å². The highest BCUT2D eigenvalue weighted by Crippen LogP contribution is 2.49. The largest absolute Gasteiger partial charge is 0.497 e. The number of aryl methyl sites for hydroxylation is 1. The molecule has 7 nitrogen and oxygen atoms in total. The van der Waals surface area contributed by atoms with Crippen LogP contribution in [0.15, 0.2) is 33.6 Å². The average Bonchev–Trinajstić information content (AvgIpc) is 3.62. The van der Waals surface area contributed by atoms with Crippen molar-refractivity contribution in [2.75, 3.05) is 14.2 Å². The number of furan rings is 1. The summed E-state index contributed by atoms with van der Waals surface area (Å²) in [7, 11) is 3.14. The third-order valence-electron chi connectivity index (χ3n) is 7.24. The maximum atomic E-state index is 13.4. The van der Waals surface area contributed by atoms with Gasteiger partial charge in [-0.05, 0) is 61.3 Å². The minimum atomic E-state index is -0.900. The molecule has 2 bridgehead atoms. The zero-order valence-corrected chi connectivity index (χ0v) is 21.2. The molecule has 0 spiro atoms. The zero-order valence-electron chi connectivity index (χ0n) is 19.6. The number of ether oxygens (including phenoxy) is 2. The Balaban J connectivity index is 1.48. The third kappa shape index (κ3) is 4.59. The summed E-state index contributed by atoms with van der Waals surface area (Å²) in [6.45, 7) is 0. The molecule has 5 rings (SSSR count). The quantitative estimate of drug-likeness (QED) is 0.372. The van der Waals surface area contributed by atoms with Gasteiger partial charge in [-0.2, -0.15) is 0 Å². The van der Waals surface area contributed by atoms with Crippen LogP contribution < -0.4 is 9.47 Å². The van der Waals surface area contributed by atoms with Crippen molar-refractivity contribution in [3.8, 4) is 22.8 Å². The van der Waals surface area contributed by atoms with Gasteiger partial charge in [0.05, 0.1) is 24.7 Å². The summed E-state index contributed by atoms with van der Waals surface area (Å²) in [6, 6.07) is 7.40. The minimum absolute atomic E-state index is 0.0499. The second-order valence-electron chi connectivity index (χ2n) is 9.25. The molecule has 1 saturated heterocycles. The predicted molar refractivity (Wildman–Crippen MR) is 137 cm³/mol. The first-order chi connectivity index (χ1) is 16.9. The predicted octanol–water partition coefficient (Wildman–Crippen LogP) is 5.37. The van der Waals surface area contributed by atoms with Crippen molar-refractivity contribution in [1.82, 2.24) is 4.90 Å². The number of carbonyl (C=O) groups is 2. The lowest BCUT2D eigenvalue weighted by molar-refractivity contribution is -0.137. The summed E-state index contributed by atoms with van der Waals surface area (Å²) in [6.07, 6.45) is 6.56. The molecule has 3 fully saturated rings. The number of aliphatic carboxylic acids is 1. The van der Waals surface area contributed by atoms with E-state index in [0.29, 0.717) is 55.2 Å². The van der Waals surface area contributed by atoms with E-state index >= 15 is 0 Å². The van der Waals surface area contributed by atoms with E-state index in [1.54, 1.807) is 32.4 Å². The summed E-state index contributed by atoms with van der Waals surface area (Å²) in [5.41, 5.74) is 1.42. The Bertz CT molecular complexity index is 1220. The normalized spacial score (nSPS) is 24.6. The van der Waals surface area contributed by atoms with Crippen LogP contribution in [0.25, 0.3) is 17.4 Å². The van der Waals surface area contributed by atoms with Gasteiger partial charge in [0.25, 0.3) is 5.91 Å². The van der Waals surface area contributed by atoms with Crippen molar-refractivity contribution < 1.29 is 28.6 Å². The number of benzene rings is 1. The van der Waals surface area contributed by atoms with Crippen LogP contribution in [0, 0.1) is 11.8 Å². The molecule has 35 heavy (non-hydrogen) atoms. The Hall–Kier alpha value is -2.78. The first-order valence-corrected chi connectivity index (χ1v) is 12.9. The summed E-state index contributed by atoms with van der Waals surface area (Å²) in [5, 5.41) is 9.24. The molecule has 9 heteroatoms. The molecule has 1 aromatic heterocycles. The number of carboxylic acid groups (broad SMARTS) is 1. The summed E-state index contributed by atoms with van der Waals surface area (Å²) >= 11 is 6.90. The molecule has 3 atom stereocenters. The van der Waals surface area contributed by atoms with Crippen LogP contribution >= 0.6 is 24.0 Å². The topological polar surface area (TPSA) is 89.2 Å². The number of fused-ring (bicyclic) bond motifs is 2. The SMILES string of the molecule is COc1ccc(-c2cc(CCC(=O)O)c(/C=C3\SC(=S)N(C4CC5CCC4C5)C3=O)o2)c(OC)c1. The maximum Gasteiger partial charge on any atom is 0.303 e. The molecule has 0 radical (unpaired) electrons. The number of carbonyl (C=O) groups excluding carboxylic acids is 1. The van der Waals surface area contributed by atoms with E-state index in [2.05, 4.69) is 0 Å². The van der Waals surface area contributed by atoms with Gasteiger partial charge in [0.2, 0.25) is 0 Å². The van der Waals surface area contributed by atoms with Gasteiger partial charge in [-0.3, -0.25) is 14.5 Å².